The van der Waals surface area contributed by atoms with Gasteiger partial charge in [-0.05, 0) is 37.7 Å². The molecule has 0 fully saturated rings. The van der Waals surface area contributed by atoms with Crippen molar-refractivity contribution in [3.8, 4) is 0 Å². The molecule has 3 nitrogen and oxygen atoms in total. The summed E-state index contributed by atoms with van der Waals surface area (Å²) in [5, 5.41) is 0. The van der Waals surface area contributed by atoms with Gasteiger partial charge in [-0.3, -0.25) is 4.90 Å². The molecule has 1 heterocycles. The third-order valence-electron chi connectivity index (χ3n) is 3.08. The number of nitrogens with zero attached hydrogens (tertiary/aromatic N) is 1. The fourth-order valence-electron chi connectivity index (χ4n) is 2.09. The van der Waals surface area contributed by atoms with Crippen LogP contribution in [0.5, 0.6) is 0 Å². The van der Waals surface area contributed by atoms with Crippen molar-refractivity contribution in [1.82, 2.24) is 4.90 Å². The van der Waals surface area contributed by atoms with Gasteiger partial charge in [-0.1, -0.05) is 12.1 Å². The first kappa shape index (κ1) is 13.8. The summed E-state index contributed by atoms with van der Waals surface area (Å²) in [7, 11) is 2.00. The largest absolute Gasteiger partial charge is 0.465 e. The third kappa shape index (κ3) is 3.66. The predicted octanol–water partition coefficient (Wildman–Crippen LogP) is 2.82. The second kappa shape index (κ2) is 5.99. The van der Waals surface area contributed by atoms with Crippen LogP contribution in [0.15, 0.2) is 34.7 Å². The lowest BCUT2D eigenvalue weighted by molar-refractivity contribution is 0.285. The molecule has 0 saturated heterocycles. The summed E-state index contributed by atoms with van der Waals surface area (Å²) in [5.41, 5.74) is 7.75. The maximum atomic E-state index is 12.8. The Balaban J connectivity index is 1.96. The van der Waals surface area contributed by atoms with Gasteiger partial charge < -0.3 is 10.2 Å². The summed E-state index contributed by atoms with van der Waals surface area (Å²) in [4.78, 5) is 2.12. The average Bonchev–Trinajstić information content (AvgIpc) is 2.72. The van der Waals surface area contributed by atoms with Crippen LogP contribution in [0.4, 0.5) is 4.39 Å². The number of furan rings is 1. The molecule has 0 aliphatic heterocycles. The highest BCUT2D eigenvalue weighted by Crippen LogP contribution is 2.16. The van der Waals surface area contributed by atoms with E-state index in [1.165, 1.54) is 12.1 Å². The minimum Gasteiger partial charge on any atom is -0.465 e. The van der Waals surface area contributed by atoms with E-state index >= 15 is 0 Å². The standard InChI is InChI=1S/C15H19FN2O/c1-11-13(8-17)7-15(19-11)10-18(2)9-12-3-5-14(16)6-4-12/h3-7H,8-10,17H2,1-2H3. The quantitative estimate of drug-likeness (QED) is 0.901. The highest BCUT2D eigenvalue weighted by atomic mass is 19.1. The minimum absolute atomic E-state index is 0.208. The molecule has 0 aliphatic rings. The van der Waals surface area contributed by atoms with Crippen LogP contribution >= 0.6 is 0 Å². The van der Waals surface area contributed by atoms with Crippen LogP contribution in [0.2, 0.25) is 0 Å². The van der Waals surface area contributed by atoms with E-state index in [-0.39, 0.29) is 5.82 Å². The number of hydrogen-bond acceptors (Lipinski definition) is 3. The predicted molar refractivity (Wildman–Crippen MR) is 72.9 cm³/mol. The van der Waals surface area contributed by atoms with Crippen molar-refractivity contribution in [2.45, 2.75) is 26.6 Å². The second-order valence-corrected chi connectivity index (χ2v) is 4.80. The monoisotopic (exact) mass is 262 g/mol. The Morgan fingerprint density at radius 3 is 2.47 bits per heavy atom. The van der Waals surface area contributed by atoms with Gasteiger partial charge in [0, 0.05) is 18.7 Å². The van der Waals surface area contributed by atoms with E-state index < -0.39 is 0 Å². The molecule has 2 N–H and O–H groups in total. The maximum Gasteiger partial charge on any atom is 0.123 e. The number of hydrogen-bond donors (Lipinski definition) is 1. The van der Waals surface area contributed by atoms with Gasteiger partial charge in [0.2, 0.25) is 0 Å². The molecule has 102 valence electrons. The van der Waals surface area contributed by atoms with Gasteiger partial charge >= 0.3 is 0 Å². The number of nitrogens with two attached hydrogens (primary N) is 1. The molecule has 19 heavy (non-hydrogen) atoms. The molecule has 0 atom stereocenters. The first-order valence-corrected chi connectivity index (χ1v) is 6.29. The molecule has 0 saturated carbocycles. The third-order valence-corrected chi connectivity index (χ3v) is 3.08. The molecule has 1 aromatic carbocycles. The van der Waals surface area contributed by atoms with Gasteiger partial charge in [0.05, 0.1) is 6.54 Å². The minimum atomic E-state index is -0.208. The Morgan fingerprint density at radius 2 is 1.89 bits per heavy atom. The lowest BCUT2D eigenvalue weighted by Gasteiger charge is -2.15. The second-order valence-electron chi connectivity index (χ2n) is 4.80. The van der Waals surface area contributed by atoms with Gasteiger partial charge in [-0.2, -0.15) is 0 Å². The summed E-state index contributed by atoms with van der Waals surface area (Å²) in [6.45, 7) is 3.87. The summed E-state index contributed by atoms with van der Waals surface area (Å²) in [5.74, 6) is 1.58. The molecule has 0 amide bonds. The zero-order valence-corrected chi connectivity index (χ0v) is 11.3. The maximum absolute atomic E-state index is 12.8. The number of halogens is 1. The van der Waals surface area contributed by atoms with E-state index in [2.05, 4.69) is 4.90 Å². The highest BCUT2D eigenvalue weighted by Gasteiger charge is 2.09. The van der Waals surface area contributed by atoms with Crippen LogP contribution in [0.25, 0.3) is 0 Å². The number of benzene rings is 1. The summed E-state index contributed by atoms with van der Waals surface area (Å²) >= 11 is 0. The van der Waals surface area contributed by atoms with Crippen LogP contribution in [-0.4, -0.2) is 11.9 Å². The van der Waals surface area contributed by atoms with Gasteiger partial charge in [-0.25, -0.2) is 4.39 Å². The molecule has 0 spiro atoms. The van der Waals surface area contributed by atoms with Gasteiger partial charge in [0.1, 0.15) is 17.3 Å². The molecule has 0 radical (unpaired) electrons. The van der Waals surface area contributed by atoms with Crippen LogP contribution in [0.1, 0.15) is 22.6 Å². The SMILES string of the molecule is Cc1oc(CN(C)Cc2ccc(F)cc2)cc1CN. The van der Waals surface area contributed by atoms with Crippen molar-refractivity contribution in [2.75, 3.05) is 7.05 Å². The van der Waals surface area contributed by atoms with E-state index in [4.69, 9.17) is 10.2 Å². The summed E-state index contributed by atoms with van der Waals surface area (Å²) in [6.07, 6.45) is 0. The Labute approximate surface area is 112 Å². The van der Waals surface area contributed by atoms with E-state index in [9.17, 15) is 4.39 Å². The molecule has 0 unspecified atom stereocenters. The van der Waals surface area contributed by atoms with E-state index in [1.54, 1.807) is 12.1 Å². The van der Waals surface area contributed by atoms with Crippen LogP contribution < -0.4 is 5.73 Å². The molecule has 0 bridgehead atoms. The average molecular weight is 262 g/mol. The van der Waals surface area contributed by atoms with E-state index in [0.29, 0.717) is 13.1 Å². The van der Waals surface area contributed by atoms with Crippen molar-refractivity contribution >= 4 is 0 Å². The number of aryl methyl sites for hydroxylation is 1. The Kier molecular flexibility index (Phi) is 4.35. The van der Waals surface area contributed by atoms with Gasteiger partial charge in [0.15, 0.2) is 0 Å². The van der Waals surface area contributed by atoms with Crippen LogP contribution in [-0.2, 0) is 19.6 Å². The topological polar surface area (TPSA) is 42.4 Å². The molecular weight excluding hydrogens is 243 g/mol. The Hall–Kier alpha value is -1.65. The van der Waals surface area contributed by atoms with E-state index in [1.807, 2.05) is 20.0 Å². The summed E-state index contributed by atoms with van der Waals surface area (Å²) < 4.78 is 18.5. The van der Waals surface area contributed by atoms with Crippen LogP contribution in [0, 0.1) is 12.7 Å². The fraction of sp³-hybridized carbons (Fsp3) is 0.333. The lowest BCUT2D eigenvalue weighted by Crippen LogP contribution is -2.16. The smallest absolute Gasteiger partial charge is 0.123 e. The van der Waals surface area contributed by atoms with Crippen molar-refractivity contribution in [3.63, 3.8) is 0 Å². The number of rotatable bonds is 5. The zero-order valence-electron chi connectivity index (χ0n) is 11.3. The van der Waals surface area contributed by atoms with Crippen molar-refractivity contribution < 1.29 is 8.81 Å². The molecule has 2 aromatic rings. The molecule has 1 aromatic heterocycles. The Bertz CT molecular complexity index is 534. The van der Waals surface area contributed by atoms with Gasteiger partial charge in [-0.15, -0.1) is 0 Å². The molecule has 4 heteroatoms. The lowest BCUT2D eigenvalue weighted by atomic mass is 10.2. The normalized spacial score (nSPS) is 11.2. The highest BCUT2D eigenvalue weighted by molar-refractivity contribution is 5.20. The zero-order chi connectivity index (χ0) is 13.8. The van der Waals surface area contributed by atoms with Gasteiger partial charge in [0.25, 0.3) is 0 Å². The Morgan fingerprint density at radius 1 is 1.21 bits per heavy atom. The molecular formula is C15H19FN2O. The van der Waals surface area contributed by atoms with Crippen molar-refractivity contribution in [1.29, 1.82) is 0 Å². The van der Waals surface area contributed by atoms with Crippen molar-refractivity contribution in [2.24, 2.45) is 5.73 Å². The van der Waals surface area contributed by atoms with Crippen LogP contribution in [0.3, 0.4) is 0 Å². The first-order chi connectivity index (χ1) is 9.08. The first-order valence-electron chi connectivity index (χ1n) is 6.29. The summed E-state index contributed by atoms with van der Waals surface area (Å²) in [6, 6.07) is 8.55. The fourth-order valence-corrected chi connectivity index (χ4v) is 2.09. The van der Waals surface area contributed by atoms with Crippen molar-refractivity contribution in [3.05, 3.63) is 58.8 Å². The molecule has 0 aliphatic carbocycles. The van der Waals surface area contributed by atoms with E-state index in [0.717, 1.165) is 29.2 Å². The molecule has 2 rings (SSSR count).